The van der Waals surface area contributed by atoms with Crippen LogP contribution in [0.3, 0.4) is 0 Å². The molecule has 0 aliphatic heterocycles. The summed E-state index contributed by atoms with van der Waals surface area (Å²) in [6.45, 7) is 1.98. The number of Topliss-reactive ketones (excluding diaryl/α,β-unsaturated/α-hetero) is 1. The minimum absolute atomic E-state index is 0.127. The molecule has 1 aromatic heterocycles. The number of aryl methyl sites for hydroxylation is 1. The summed E-state index contributed by atoms with van der Waals surface area (Å²) in [5.41, 5.74) is 2.71. The van der Waals surface area contributed by atoms with E-state index in [1.807, 2.05) is 49.6 Å². The second kappa shape index (κ2) is 5.83. The highest BCUT2D eigenvalue weighted by molar-refractivity contribution is 7.98. The number of hydrogen-bond acceptors (Lipinski definition) is 3. The number of benzene rings is 1. The Morgan fingerprint density at radius 1 is 1.22 bits per heavy atom. The van der Waals surface area contributed by atoms with E-state index in [0.717, 1.165) is 21.7 Å². The molecule has 92 valence electrons. The van der Waals surface area contributed by atoms with Gasteiger partial charge in [-0.1, -0.05) is 24.3 Å². The molecule has 2 nitrogen and oxygen atoms in total. The van der Waals surface area contributed by atoms with Gasteiger partial charge >= 0.3 is 0 Å². The number of carbonyl (C=O) groups is 1. The van der Waals surface area contributed by atoms with Crippen LogP contribution in [0.4, 0.5) is 0 Å². The molecule has 0 amide bonds. The molecule has 1 heterocycles. The highest BCUT2D eigenvalue weighted by atomic mass is 32.2. The maximum absolute atomic E-state index is 12.3. The van der Waals surface area contributed by atoms with Crippen LogP contribution in [-0.2, 0) is 6.42 Å². The molecule has 0 aliphatic rings. The fourth-order valence-corrected chi connectivity index (χ4v) is 2.44. The molecular formula is C15H15NOS. The number of hydrogen-bond donors (Lipinski definition) is 0. The van der Waals surface area contributed by atoms with Crippen LogP contribution in [-0.4, -0.2) is 17.0 Å². The van der Waals surface area contributed by atoms with Crippen LogP contribution in [0.1, 0.15) is 21.6 Å². The van der Waals surface area contributed by atoms with Crippen molar-refractivity contribution in [3.63, 3.8) is 0 Å². The Kier molecular flexibility index (Phi) is 4.15. The number of thioether (sulfide) groups is 1. The standard InChI is InChI=1S/C15H15NOS/c1-11-6-5-9-16-13(11)10-14(17)12-7-3-4-8-15(12)18-2/h3-9H,10H2,1-2H3. The minimum atomic E-state index is 0.127. The molecule has 1 aromatic carbocycles. The molecule has 0 spiro atoms. The van der Waals surface area contributed by atoms with Gasteiger partial charge in [-0.15, -0.1) is 11.8 Å². The Hall–Kier alpha value is -1.61. The molecule has 2 aromatic rings. The number of nitrogens with zero attached hydrogens (tertiary/aromatic N) is 1. The molecule has 0 radical (unpaired) electrons. The Morgan fingerprint density at radius 2 is 2.00 bits per heavy atom. The zero-order valence-corrected chi connectivity index (χ0v) is 11.3. The molecule has 0 saturated heterocycles. The minimum Gasteiger partial charge on any atom is -0.294 e. The maximum Gasteiger partial charge on any atom is 0.169 e. The van der Waals surface area contributed by atoms with Crippen LogP contribution in [0.2, 0.25) is 0 Å². The van der Waals surface area contributed by atoms with Crippen LogP contribution in [0.15, 0.2) is 47.5 Å². The van der Waals surface area contributed by atoms with E-state index >= 15 is 0 Å². The molecule has 2 rings (SSSR count). The summed E-state index contributed by atoms with van der Waals surface area (Å²) in [6.07, 6.45) is 4.08. The Balaban J connectivity index is 2.25. The number of rotatable bonds is 4. The molecule has 0 N–H and O–H groups in total. The summed E-state index contributed by atoms with van der Waals surface area (Å²) in [5, 5.41) is 0. The Bertz CT molecular complexity index is 566. The second-order valence-corrected chi connectivity index (χ2v) is 4.92. The van der Waals surface area contributed by atoms with Gasteiger partial charge in [0.2, 0.25) is 0 Å². The van der Waals surface area contributed by atoms with Gasteiger partial charge in [-0.05, 0) is 30.9 Å². The summed E-state index contributed by atoms with van der Waals surface area (Å²) in [5.74, 6) is 0.127. The van der Waals surface area contributed by atoms with Crippen molar-refractivity contribution < 1.29 is 4.79 Å². The highest BCUT2D eigenvalue weighted by Crippen LogP contribution is 2.21. The first-order valence-corrected chi connectivity index (χ1v) is 7.01. The van der Waals surface area contributed by atoms with Crippen molar-refractivity contribution in [3.8, 4) is 0 Å². The lowest BCUT2D eigenvalue weighted by Gasteiger charge is -2.07. The lowest BCUT2D eigenvalue weighted by Crippen LogP contribution is -2.07. The summed E-state index contributed by atoms with van der Waals surface area (Å²) in [4.78, 5) is 17.6. The first-order valence-electron chi connectivity index (χ1n) is 5.79. The van der Waals surface area contributed by atoms with Gasteiger partial charge in [0.15, 0.2) is 5.78 Å². The summed E-state index contributed by atoms with van der Waals surface area (Å²) in [6, 6.07) is 11.6. The van der Waals surface area contributed by atoms with Gasteiger partial charge in [0, 0.05) is 16.7 Å². The van der Waals surface area contributed by atoms with E-state index in [2.05, 4.69) is 4.98 Å². The van der Waals surface area contributed by atoms with E-state index in [4.69, 9.17) is 0 Å². The van der Waals surface area contributed by atoms with E-state index in [1.54, 1.807) is 18.0 Å². The van der Waals surface area contributed by atoms with Gasteiger partial charge in [-0.25, -0.2) is 0 Å². The fraction of sp³-hybridized carbons (Fsp3) is 0.200. The molecule has 0 fully saturated rings. The third kappa shape index (κ3) is 2.79. The molecule has 0 bridgehead atoms. The van der Waals surface area contributed by atoms with Crippen molar-refractivity contribution >= 4 is 17.5 Å². The maximum atomic E-state index is 12.3. The van der Waals surface area contributed by atoms with E-state index in [1.165, 1.54) is 0 Å². The summed E-state index contributed by atoms with van der Waals surface area (Å²) < 4.78 is 0. The third-order valence-corrected chi connectivity index (χ3v) is 3.65. The largest absolute Gasteiger partial charge is 0.294 e. The molecule has 3 heteroatoms. The van der Waals surface area contributed by atoms with Crippen molar-refractivity contribution in [1.82, 2.24) is 4.98 Å². The quantitative estimate of drug-likeness (QED) is 0.620. The van der Waals surface area contributed by atoms with Crippen molar-refractivity contribution in [1.29, 1.82) is 0 Å². The smallest absolute Gasteiger partial charge is 0.169 e. The summed E-state index contributed by atoms with van der Waals surface area (Å²) >= 11 is 1.60. The Labute approximate surface area is 111 Å². The first-order chi connectivity index (χ1) is 8.72. The lowest BCUT2D eigenvalue weighted by molar-refractivity contribution is 0.0989. The van der Waals surface area contributed by atoms with Gasteiger partial charge in [-0.3, -0.25) is 9.78 Å². The van der Waals surface area contributed by atoms with Crippen LogP contribution in [0.25, 0.3) is 0 Å². The van der Waals surface area contributed by atoms with Crippen LogP contribution < -0.4 is 0 Å². The SMILES string of the molecule is CSc1ccccc1C(=O)Cc1ncccc1C. The lowest BCUT2D eigenvalue weighted by atomic mass is 10.0. The van der Waals surface area contributed by atoms with E-state index in [9.17, 15) is 4.79 Å². The normalized spacial score (nSPS) is 10.3. The zero-order chi connectivity index (χ0) is 13.0. The summed E-state index contributed by atoms with van der Waals surface area (Å²) in [7, 11) is 0. The van der Waals surface area contributed by atoms with E-state index in [0.29, 0.717) is 6.42 Å². The topological polar surface area (TPSA) is 30.0 Å². The average molecular weight is 257 g/mol. The monoisotopic (exact) mass is 257 g/mol. The molecular weight excluding hydrogens is 242 g/mol. The third-order valence-electron chi connectivity index (χ3n) is 2.85. The van der Waals surface area contributed by atoms with Gasteiger partial charge in [-0.2, -0.15) is 0 Å². The molecule has 0 aliphatic carbocycles. The van der Waals surface area contributed by atoms with Gasteiger partial charge in [0.25, 0.3) is 0 Å². The molecule has 0 unspecified atom stereocenters. The van der Waals surface area contributed by atoms with Crippen molar-refractivity contribution in [2.45, 2.75) is 18.2 Å². The fourth-order valence-electron chi connectivity index (χ4n) is 1.83. The van der Waals surface area contributed by atoms with Crippen LogP contribution in [0, 0.1) is 6.92 Å². The van der Waals surface area contributed by atoms with Crippen LogP contribution >= 0.6 is 11.8 Å². The van der Waals surface area contributed by atoms with Crippen molar-refractivity contribution in [2.24, 2.45) is 0 Å². The van der Waals surface area contributed by atoms with Gasteiger partial charge in [0.1, 0.15) is 0 Å². The van der Waals surface area contributed by atoms with Crippen LogP contribution in [0.5, 0.6) is 0 Å². The number of ketones is 1. The molecule has 0 atom stereocenters. The van der Waals surface area contributed by atoms with E-state index < -0.39 is 0 Å². The van der Waals surface area contributed by atoms with Gasteiger partial charge in [0.05, 0.1) is 12.1 Å². The molecule has 0 saturated carbocycles. The predicted octanol–water partition coefficient (Wildman–Crippen LogP) is 3.54. The highest BCUT2D eigenvalue weighted by Gasteiger charge is 2.12. The van der Waals surface area contributed by atoms with Gasteiger partial charge < -0.3 is 0 Å². The van der Waals surface area contributed by atoms with Crippen molar-refractivity contribution in [2.75, 3.05) is 6.26 Å². The second-order valence-electron chi connectivity index (χ2n) is 4.07. The zero-order valence-electron chi connectivity index (χ0n) is 10.5. The van der Waals surface area contributed by atoms with Crippen molar-refractivity contribution in [3.05, 3.63) is 59.4 Å². The molecule has 18 heavy (non-hydrogen) atoms. The van der Waals surface area contributed by atoms with E-state index in [-0.39, 0.29) is 5.78 Å². The number of aromatic nitrogens is 1. The number of carbonyl (C=O) groups excluding carboxylic acids is 1. The average Bonchev–Trinajstić information content (AvgIpc) is 2.41. The first kappa shape index (κ1) is 12.8. The predicted molar refractivity (Wildman–Crippen MR) is 75.2 cm³/mol. The number of pyridine rings is 1. The Morgan fingerprint density at radius 3 is 2.72 bits per heavy atom.